The lowest BCUT2D eigenvalue weighted by molar-refractivity contribution is 0.0202. The molecule has 0 spiro atoms. The van der Waals surface area contributed by atoms with Crippen molar-refractivity contribution in [1.29, 1.82) is 5.41 Å². The van der Waals surface area contributed by atoms with Gasteiger partial charge in [0.1, 0.15) is 5.60 Å². The number of hydrogen-bond donors (Lipinski definition) is 1. The topological polar surface area (TPSA) is 53.4 Å². The zero-order valence-corrected chi connectivity index (χ0v) is 14.9. The Labute approximate surface area is 140 Å². The maximum atomic E-state index is 12.0. The largest absolute Gasteiger partial charge is 0.444 e. The second-order valence-corrected chi connectivity index (χ2v) is 7.58. The van der Waals surface area contributed by atoms with Crippen LogP contribution in [0.5, 0.6) is 0 Å². The van der Waals surface area contributed by atoms with E-state index in [1.807, 2.05) is 45.0 Å². The summed E-state index contributed by atoms with van der Waals surface area (Å²) >= 11 is 3.44. The molecular formula is C17H23BrN2O2. The van der Waals surface area contributed by atoms with Crippen LogP contribution in [-0.4, -0.2) is 35.4 Å². The molecule has 1 aliphatic heterocycles. The third kappa shape index (κ3) is 4.57. The van der Waals surface area contributed by atoms with Crippen molar-refractivity contribution in [3.8, 4) is 0 Å². The van der Waals surface area contributed by atoms with E-state index >= 15 is 0 Å². The number of benzene rings is 1. The molecule has 1 saturated heterocycles. The van der Waals surface area contributed by atoms with E-state index in [2.05, 4.69) is 15.9 Å². The normalized spacial score (nSPS) is 16.5. The molecule has 1 heterocycles. The first kappa shape index (κ1) is 17.0. The molecule has 2 rings (SSSR count). The summed E-state index contributed by atoms with van der Waals surface area (Å²) < 4.78 is 6.39. The number of rotatable bonds is 2. The fourth-order valence-electron chi connectivity index (χ4n) is 2.57. The third-order valence-electron chi connectivity index (χ3n) is 3.69. The standard InChI is InChI=1S/C17H23BrN2O2/c1-17(2,3)22-16(21)20-9-7-12(8-10-20)15(19)13-5-4-6-14(18)11-13/h4-6,11-12,19H,7-10H2,1-3H3. The summed E-state index contributed by atoms with van der Waals surface area (Å²) in [6.45, 7) is 6.92. The van der Waals surface area contributed by atoms with Crippen LogP contribution in [0.15, 0.2) is 28.7 Å². The van der Waals surface area contributed by atoms with Crippen LogP contribution in [0.2, 0.25) is 0 Å². The smallest absolute Gasteiger partial charge is 0.410 e. The lowest BCUT2D eigenvalue weighted by atomic mass is 9.88. The summed E-state index contributed by atoms with van der Waals surface area (Å²) in [5.41, 5.74) is 1.15. The molecule has 0 saturated carbocycles. The van der Waals surface area contributed by atoms with Gasteiger partial charge in [-0.05, 0) is 51.3 Å². The van der Waals surface area contributed by atoms with Crippen molar-refractivity contribution >= 4 is 27.7 Å². The molecule has 0 atom stereocenters. The number of ether oxygens (including phenoxy) is 1. The first-order valence-corrected chi connectivity index (χ1v) is 8.38. The van der Waals surface area contributed by atoms with Crippen LogP contribution < -0.4 is 0 Å². The number of halogens is 1. The molecule has 0 unspecified atom stereocenters. The Hall–Kier alpha value is -1.36. The van der Waals surface area contributed by atoms with Gasteiger partial charge >= 0.3 is 6.09 Å². The van der Waals surface area contributed by atoms with Crippen molar-refractivity contribution in [3.05, 3.63) is 34.3 Å². The Morgan fingerprint density at radius 2 is 1.95 bits per heavy atom. The molecule has 1 amide bonds. The van der Waals surface area contributed by atoms with Gasteiger partial charge in [-0.3, -0.25) is 0 Å². The summed E-state index contributed by atoms with van der Waals surface area (Å²) in [6.07, 6.45) is 1.37. The molecule has 0 aromatic heterocycles. The van der Waals surface area contributed by atoms with Gasteiger partial charge in [0.25, 0.3) is 0 Å². The van der Waals surface area contributed by atoms with Crippen LogP contribution in [-0.2, 0) is 4.74 Å². The zero-order chi connectivity index (χ0) is 16.3. The lowest BCUT2D eigenvalue weighted by Gasteiger charge is -2.33. The SMILES string of the molecule is CC(C)(C)OC(=O)N1CCC(C(=N)c2cccc(Br)c2)CC1. The van der Waals surface area contributed by atoms with Crippen LogP contribution in [0, 0.1) is 11.3 Å². The van der Waals surface area contributed by atoms with E-state index in [1.54, 1.807) is 4.90 Å². The van der Waals surface area contributed by atoms with Gasteiger partial charge < -0.3 is 15.0 Å². The van der Waals surface area contributed by atoms with Crippen molar-refractivity contribution in [1.82, 2.24) is 4.90 Å². The highest BCUT2D eigenvalue weighted by molar-refractivity contribution is 9.10. The van der Waals surface area contributed by atoms with Gasteiger partial charge in [0.15, 0.2) is 0 Å². The fourth-order valence-corrected chi connectivity index (χ4v) is 2.97. The van der Waals surface area contributed by atoms with E-state index in [1.165, 1.54) is 0 Å². The molecular weight excluding hydrogens is 344 g/mol. The van der Waals surface area contributed by atoms with Crippen LogP contribution in [0.3, 0.4) is 0 Å². The predicted octanol–water partition coefficient (Wildman–Crippen LogP) is 4.46. The molecule has 5 heteroatoms. The van der Waals surface area contributed by atoms with Crippen molar-refractivity contribution in [2.45, 2.75) is 39.2 Å². The number of nitrogens with one attached hydrogen (secondary N) is 1. The predicted molar refractivity (Wildman–Crippen MR) is 91.5 cm³/mol. The van der Waals surface area contributed by atoms with Gasteiger partial charge in [0, 0.05) is 29.2 Å². The lowest BCUT2D eigenvalue weighted by Crippen LogP contribution is -2.43. The van der Waals surface area contributed by atoms with Crippen molar-refractivity contribution < 1.29 is 9.53 Å². The number of likely N-dealkylation sites (tertiary alicyclic amines) is 1. The average molecular weight is 367 g/mol. The fraction of sp³-hybridized carbons (Fsp3) is 0.529. The van der Waals surface area contributed by atoms with E-state index in [0.29, 0.717) is 18.8 Å². The zero-order valence-electron chi connectivity index (χ0n) is 13.4. The highest BCUT2D eigenvalue weighted by atomic mass is 79.9. The molecule has 22 heavy (non-hydrogen) atoms. The minimum atomic E-state index is -0.461. The Kier molecular flexibility index (Phi) is 5.27. The summed E-state index contributed by atoms with van der Waals surface area (Å²) in [5, 5.41) is 8.38. The van der Waals surface area contributed by atoms with Crippen molar-refractivity contribution in [3.63, 3.8) is 0 Å². The van der Waals surface area contributed by atoms with E-state index in [-0.39, 0.29) is 12.0 Å². The quantitative estimate of drug-likeness (QED) is 0.785. The second-order valence-electron chi connectivity index (χ2n) is 6.67. The molecule has 1 fully saturated rings. The Bertz CT molecular complexity index is 558. The van der Waals surface area contributed by atoms with E-state index in [9.17, 15) is 4.79 Å². The Morgan fingerprint density at radius 3 is 2.50 bits per heavy atom. The van der Waals surface area contributed by atoms with Crippen LogP contribution in [0.25, 0.3) is 0 Å². The molecule has 1 aromatic carbocycles. The van der Waals surface area contributed by atoms with Gasteiger partial charge in [-0.1, -0.05) is 28.1 Å². The van der Waals surface area contributed by atoms with E-state index < -0.39 is 5.60 Å². The minimum Gasteiger partial charge on any atom is -0.444 e. The molecule has 0 aliphatic carbocycles. The van der Waals surface area contributed by atoms with Crippen LogP contribution in [0.1, 0.15) is 39.2 Å². The van der Waals surface area contributed by atoms with Gasteiger partial charge in [-0.15, -0.1) is 0 Å². The monoisotopic (exact) mass is 366 g/mol. The maximum Gasteiger partial charge on any atom is 0.410 e. The second kappa shape index (κ2) is 6.82. The maximum absolute atomic E-state index is 12.0. The summed E-state index contributed by atoms with van der Waals surface area (Å²) in [5.74, 6) is 0.202. The first-order valence-electron chi connectivity index (χ1n) is 7.58. The number of nitrogens with zero attached hydrogens (tertiary/aromatic N) is 1. The highest BCUT2D eigenvalue weighted by Gasteiger charge is 2.28. The average Bonchev–Trinajstić information content (AvgIpc) is 2.45. The first-order chi connectivity index (χ1) is 10.3. The number of piperidine rings is 1. The summed E-state index contributed by atoms with van der Waals surface area (Å²) in [7, 11) is 0. The van der Waals surface area contributed by atoms with Crippen molar-refractivity contribution in [2.24, 2.45) is 5.92 Å². The van der Waals surface area contributed by atoms with Gasteiger partial charge in [0.2, 0.25) is 0 Å². The molecule has 1 N–H and O–H groups in total. The van der Waals surface area contributed by atoms with Gasteiger partial charge in [-0.25, -0.2) is 4.79 Å². The summed E-state index contributed by atoms with van der Waals surface area (Å²) in [6, 6.07) is 7.85. The Balaban J connectivity index is 1.92. The van der Waals surface area contributed by atoms with Crippen LogP contribution >= 0.6 is 15.9 Å². The molecule has 0 radical (unpaired) electrons. The Morgan fingerprint density at radius 1 is 1.32 bits per heavy atom. The number of hydrogen-bond acceptors (Lipinski definition) is 3. The van der Waals surface area contributed by atoms with E-state index in [4.69, 9.17) is 10.1 Å². The molecule has 1 aliphatic rings. The minimum absolute atomic E-state index is 0.202. The molecule has 1 aromatic rings. The highest BCUT2D eigenvalue weighted by Crippen LogP contribution is 2.24. The molecule has 4 nitrogen and oxygen atoms in total. The number of carbonyl (C=O) groups excluding carboxylic acids is 1. The summed E-state index contributed by atoms with van der Waals surface area (Å²) in [4.78, 5) is 13.8. The van der Waals surface area contributed by atoms with Gasteiger partial charge in [0.05, 0.1) is 0 Å². The number of carbonyl (C=O) groups is 1. The third-order valence-corrected chi connectivity index (χ3v) is 4.18. The number of amides is 1. The van der Waals surface area contributed by atoms with E-state index in [0.717, 1.165) is 22.9 Å². The van der Waals surface area contributed by atoms with Gasteiger partial charge in [-0.2, -0.15) is 0 Å². The molecule has 0 bridgehead atoms. The molecule has 120 valence electrons. The van der Waals surface area contributed by atoms with Crippen molar-refractivity contribution in [2.75, 3.05) is 13.1 Å². The van der Waals surface area contributed by atoms with Crippen LogP contribution in [0.4, 0.5) is 4.79 Å².